The fraction of sp³-hybridized carbons (Fsp3) is 0.560. The molecule has 0 aliphatic carbocycles. The number of anilines is 2. The zero-order valence-electron chi connectivity index (χ0n) is 20.2. The van der Waals surface area contributed by atoms with Gasteiger partial charge in [-0.3, -0.25) is 9.69 Å². The van der Waals surface area contributed by atoms with Gasteiger partial charge in [-0.25, -0.2) is 0 Å². The smallest absolute Gasteiger partial charge is 0.255 e. The molecule has 1 aromatic heterocycles. The van der Waals surface area contributed by atoms with Gasteiger partial charge in [0.1, 0.15) is 5.75 Å². The van der Waals surface area contributed by atoms with E-state index in [1.54, 1.807) is 13.2 Å². The average molecular weight is 545 g/mol. The summed E-state index contributed by atoms with van der Waals surface area (Å²) in [7, 11) is 1.61. The van der Waals surface area contributed by atoms with Gasteiger partial charge in [-0.1, -0.05) is 0 Å². The Morgan fingerprint density at radius 2 is 1.66 bits per heavy atom. The third-order valence-electron chi connectivity index (χ3n) is 7.11. The lowest BCUT2D eigenvalue weighted by Crippen LogP contribution is -2.49. The normalized spacial score (nSPS) is 21.4. The van der Waals surface area contributed by atoms with Crippen LogP contribution < -0.4 is 14.5 Å². The highest BCUT2D eigenvalue weighted by Crippen LogP contribution is 2.25. The molecule has 4 heterocycles. The molecule has 3 fully saturated rings. The molecular formula is C25H33BrN6O3. The van der Waals surface area contributed by atoms with Crippen LogP contribution in [0.25, 0.3) is 0 Å². The molecule has 0 saturated carbocycles. The van der Waals surface area contributed by atoms with Crippen molar-refractivity contribution in [2.24, 2.45) is 0 Å². The number of aromatic nitrogens is 2. The molecule has 0 bridgehead atoms. The van der Waals surface area contributed by atoms with Crippen LogP contribution in [-0.4, -0.2) is 105 Å². The Hall–Kier alpha value is -2.43. The summed E-state index contributed by atoms with van der Waals surface area (Å²) >= 11 is 3.49. The van der Waals surface area contributed by atoms with Crippen LogP contribution in [0.3, 0.4) is 0 Å². The lowest BCUT2D eigenvalue weighted by atomic mass is 10.1. The monoisotopic (exact) mass is 544 g/mol. The maximum atomic E-state index is 13.0. The predicted octanol–water partition coefficient (Wildman–Crippen LogP) is 2.51. The lowest BCUT2D eigenvalue weighted by molar-refractivity contribution is 0.0712. The van der Waals surface area contributed by atoms with Crippen molar-refractivity contribution in [3.63, 3.8) is 0 Å². The van der Waals surface area contributed by atoms with Crippen molar-refractivity contribution in [2.45, 2.75) is 18.9 Å². The summed E-state index contributed by atoms with van der Waals surface area (Å²) in [6, 6.07) is 9.60. The summed E-state index contributed by atoms with van der Waals surface area (Å²) in [5, 5.41) is 9.05. The molecule has 2 aromatic rings. The quantitative estimate of drug-likeness (QED) is 0.549. The van der Waals surface area contributed by atoms with Gasteiger partial charge in [-0.05, 0) is 59.1 Å². The molecule has 1 atom stereocenters. The molecule has 3 aliphatic heterocycles. The molecule has 10 heteroatoms. The van der Waals surface area contributed by atoms with E-state index in [4.69, 9.17) is 9.47 Å². The van der Waals surface area contributed by atoms with E-state index in [0.29, 0.717) is 30.5 Å². The molecule has 9 nitrogen and oxygen atoms in total. The SMILES string of the molecule is COc1ccc(Br)c(C(=O)N2CCN(c3ccc(N4CCN(CC5CCCO5)CC4)nn3)CC2)c1. The number of hydrogen-bond acceptors (Lipinski definition) is 8. The summed E-state index contributed by atoms with van der Waals surface area (Å²) < 4.78 is 11.8. The third-order valence-corrected chi connectivity index (χ3v) is 7.80. The second-order valence-corrected chi connectivity index (χ2v) is 10.2. The minimum absolute atomic E-state index is 0.00972. The van der Waals surface area contributed by atoms with E-state index in [9.17, 15) is 4.79 Å². The maximum absolute atomic E-state index is 13.0. The van der Waals surface area contributed by atoms with E-state index in [1.165, 1.54) is 12.8 Å². The number of nitrogens with zero attached hydrogens (tertiary/aromatic N) is 6. The van der Waals surface area contributed by atoms with Crippen molar-refractivity contribution in [3.05, 3.63) is 40.4 Å². The third kappa shape index (κ3) is 5.70. The minimum Gasteiger partial charge on any atom is -0.497 e. The van der Waals surface area contributed by atoms with Crippen molar-refractivity contribution in [1.82, 2.24) is 20.0 Å². The van der Waals surface area contributed by atoms with E-state index >= 15 is 0 Å². The standard InChI is InChI=1S/C25H33BrN6O3/c1-34-19-4-5-22(26)21(17-19)25(33)32-14-12-31(13-15-32)24-7-6-23(27-28-24)30-10-8-29(9-11-30)18-20-3-2-16-35-20/h4-7,17,20H,2-3,8-16,18H2,1H3. The first kappa shape index (κ1) is 24.3. The number of rotatable bonds is 6. The molecule has 5 rings (SSSR count). The second kappa shape index (κ2) is 11.1. The number of hydrogen-bond donors (Lipinski definition) is 0. The second-order valence-electron chi connectivity index (χ2n) is 9.30. The van der Waals surface area contributed by atoms with Crippen LogP contribution in [-0.2, 0) is 4.74 Å². The Labute approximate surface area is 215 Å². The maximum Gasteiger partial charge on any atom is 0.255 e. The molecule has 0 spiro atoms. The Bertz CT molecular complexity index is 1000. The van der Waals surface area contributed by atoms with Gasteiger partial charge < -0.3 is 24.2 Å². The summed E-state index contributed by atoms with van der Waals surface area (Å²) in [6.45, 7) is 8.66. The first-order valence-corrected chi connectivity index (χ1v) is 13.2. The van der Waals surface area contributed by atoms with Gasteiger partial charge in [0.2, 0.25) is 0 Å². The number of methoxy groups -OCH3 is 1. The van der Waals surface area contributed by atoms with Gasteiger partial charge in [0.15, 0.2) is 11.6 Å². The van der Waals surface area contributed by atoms with E-state index < -0.39 is 0 Å². The molecule has 188 valence electrons. The van der Waals surface area contributed by atoms with Gasteiger partial charge >= 0.3 is 0 Å². The topological polar surface area (TPSA) is 74.3 Å². The minimum atomic E-state index is 0.00972. The summed E-state index contributed by atoms with van der Waals surface area (Å²) in [4.78, 5) is 21.9. The largest absolute Gasteiger partial charge is 0.497 e. The van der Waals surface area contributed by atoms with Gasteiger partial charge in [0.25, 0.3) is 5.91 Å². The number of piperazine rings is 2. The first-order chi connectivity index (χ1) is 17.1. The van der Waals surface area contributed by atoms with Crippen LogP contribution in [0.1, 0.15) is 23.2 Å². The summed E-state index contributed by atoms with van der Waals surface area (Å²) in [5.74, 6) is 2.48. The molecule has 3 aliphatic rings. The van der Waals surface area contributed by atoms with Gasteiger partial charge in [0.05, 0.1) is 18.8 Å². The van der Waals surface area contributed by atoms with Gasteiger partial charge in [0, 0.05) is 70.0 Å². The molecule has 1 unspecified atom stereocenters. The number of carbonyl (C=O) groups excluding carboxylic acids is 1. The van der Waals surface area contributed by atoms with Crippen LogP contribution in [0.4, 0.5) is 11.6 Å². The first-order valence-electron chi connectivity index (χ1n) is 12.4. The number of benzene rings is 1. The molecule has 1 amide bonds. The van der Waals surface area contributed by atoms with E-state index in [0.717, 1.165) is 68.5 Å². The summed E-state index contributed by atoms with van der Waals surface area (Å²) in [6.07, 6.45) is 2.79. The molecule has 35 heavy (non-hydrogen) atoms. The number of ether oxygens (including phenoxy) is 2. The molecule has 1 aromatic carbocycles. The van der Waals surface area contributed by atoms with Crippen LogP contribution >= 0.6 is 15.9 Å². The van der Waals surface area contributed by atoms with Gasteiger partial charge in [-0.15, -0.1) is 10.2 Å². The number of amides is 1. The van der Waals surface area contributed by atoms with E-state index in [1.807, 2.05) is 17.0 Å². The van der Waals surface area contributed by atoms with Crippen LogP contribution in [0.5, 0.6) is 5.75 Å². The molecular weight excluding hydrogens is 512 g/mol. The zero-order chi connectivity index (χ0) is 24.2. The number of carbonyl (C=O) groups is 1. The predicted molar refractivity (Wildman–Crippen MR) is 138 cm³/mol. The van der Waals surface area contributed by atoms with Crippen LogP contribution in [0, 0.1) is 0 Å². The Morgan fingerprint density at radius 3 is 2.23 bits per heavy atom. The van der Waals surface area contributed by atoms with Crippen molar-refractivity contribution in [3.8, 4) is 5.75 Å². The van der Waals surface area contributed by atoms with Crippen molar-refractivity contribution >= 4 is 33.5 Å². The van der Waals surface area contributed by atoms with Crippen LogP contribution in [0.15, 0.2) is 34.8 Å². The highest BCUT2D eigenvalue weighted by atomic mass is 79.9. The van der Waals surface area contributed by atoms with Crippen LogP contribution in [0.2, 0.25) is 0 Å². The van der Waals surface area contributed by atoms with E-state index in [-0.39, 0.29) is 5.91 Å². The Kier molecular flexibility index (Phi) is 7.69. The van der Waals surface area contributed by atoms with Crippen molar-refractivity contribution in [2.75, 3.05) is 82.4 Å². The number of halogens is 1. The van der Waals surface area contributed by atoms with Crippen molar-refractivity contribution in [1.29, 1.82) is 0 Å². The Morgan fingerprint density at radius 1 is 1.00 bits per heavy atom. The molecule has 3 saturated heterocycles. The Balaban J connectivity index is 1.12. The van der Waals surface area contributed by atoms with Crippen molar-refractivity contribution < 1.29 is 14.3 Å². The fourth-order valence-corrected chi connectivity index (χ4v) is 5.41. The molecule has 0 radical (unpaired) electrons. The average Bonchev–Trinajstić information content (AvgIpc) is 3.42. The van der Waals surface area contributed by atoms with Gasteiger partial charge in [-0.2, -0.15) is 0 Å². The summed E-state index contributed by atoms with van der Waals surface area (Å²) in [5.41, 5.74) is 0.623. The van der Waals surface area contributed by atoms with E-state index in [2.05, 4.69) is 53.0 Å². The lowest BCUT2D eigenvalue weighted by Gasteiger charge is -2.37. The zero-order valence-corrected chi connectivity index (χ0v) is 21.8. The fourth-order valence-electron chi connectivity index (χ4n) is 5.00. The highest BCUT2D eigenvalue weighted by molar-refractivity contribution is 9.10. The molecule has 0 N–H and O–H groups in total. The highest BCUT2D eigenvalue weighted by Gasteiger charge is 2.26.